The van der Waals surface area contributed by atoms with Crippen molar-refractivity contribution in [3.63, 3.8) is 0 Å². The van der Waals surface area contributed by atoms with E-state index in [2.05, 4.69) is 20.3 Å². The Kier molecular flexibility index (Phi) is 7.43. The lowest BCUT2D eigenvalue weighted by molar-refractivity contribution is -0.140. The first kappa shape index (κ1) is 23.9. The van der Waals surface area contributed by atoms with Gasteiger partial charge in [-0.2, -0.15) is 4.98 Å². The van der Waals surface area contributed by atoms with Gasteiger partial charge in [-0.3, -0.25) is 19.4 Å². The number of aliphatic carboxylic acids is 2. The SMILES string of the molecule is Nc1nc2[nH]c(CCCCc3csc(C(=O)N[C@@H](CCC(=O)O)C(=O)O)c3F)cc2c(=O)[nH]1. The Morgan fingerprint density at radius 2 is 1.94 bits per heavy atom. The number of carbonyl (C=O) groups excluding carboxylic acids is 1. The molecule has 1 amide bonds. The van der Waals surface area contributed by atoms with E-state index in [1.807, 2.05) is 0 Å². The van der Waals surface area contributed by atoms with Gasteiger partial charge in [-0.25, -0.2) is 9.18 Å². The number of carboxylic acids is 2. The van der Waals surface area contributed by atoms with E-state index in [4.69, 9.17) is 15.9 Å². The van der Waals surface area contributed by atoms with Crippen LogP contribution in [0.3, 0.4) is 0 Å². The quantitative estimate of drug-likeness (QED) is 0.224. The molecule has 176 valence electrons. The van der Waals surface area contributed by atoms with E-state index < -0.39 is 36.1 Å². The van der Waals surface area contributed by atoms with Crippen LogP contribution in [0.15, 0.2) is 16.2 Å². The zero-order valence-electron chi connectivity index (χ0n) is 17.3. The van der Waals surface area contributed by atoms with E-state index in [0.29, 0.717) is 42.3 Å². The summed E-state index contributed by atoms with van der Waals surface area (Å²) in [6.45, 7) is 0. The number of aromatic amines is 2. The van der Waals surface area contributed by atoms with Crippen LogP contribution in [0.2, 0.25) is 0 Å². The predicted molar refractivity (Wildman–Crippen MR) is 118 cm³/mol. The van der Waals surface area contributed by atoms with E-state index in [1.54, 1.807) is 6.07 Å². The highest BCUT2D eigenvalue weighted by Crippen LogP contribution is 2.23. The molecule has 11 nitrogen and oxygen atoms in total. The van der Waals surface area contributed by atoms with Crippen LogP contribution in [0.1, 0.15) is 46.6 Å². The Bertz CT molecular complexity index is 1250. The Morgan fingerprint density at radius 3 is 2.64 bits per heavy atom. The number of nitrogen functional groups attached to an aromatic ring is 1. The Balaban J connectivity index is 1.54. The van der Waals surface area contributed by atoms with Crippen molar-refractivity contribution in [2.75, 3.05) is 5.73 Å². The highest BCUT2D eigenvalue weighted by Gasteiger charge is 2.25. The highest BCUT2D eigenvalue weighted by molar-refractivity contribution is 7.12. The maximum atomic E-state index is 14.7. The Labute approximate surface area is 189 Å². The topological polar surface area (TPSA) is 191 Å². The van der Waals surface area contributed by atoms with E-state index in [-0.39, 0.29) is 22.8 Å². The van der Waals surface area contributed by atoms with Crippen LogP contribution in [-0.2, 0) is 22.4 Å². The first-order chi connectivity index (χ1) is 15.7. The van der Waals surface area contributed by atoms with Gasteiger partial charge in [0.1, 0.15) is 22.4 Å². The lowest BCUT2D eigenvalue weighted by Gasteiger charge is -2.12. The molecule has 0 saturated carbocycles. The number of thiophene rings is 1. The van der Waals surface area contributed by atoms with Crippen molar-refractivity contribution in [3.8, 4) is 0 Å². The molecule has 33 heavy (non-hydrogen) atoms. The number of amides is 1. The third-order valence-electron chi connectivity index (χ3n) is 4.97. The summed E-state index contributed by atoms with van der Waals surface area (Å²) in [4.78, 5) is 55.3. The number of H-pyrrole nitrogens is 2. The van der Waals surface area contributed by atoms with Crippen molar-refractivity contribution < 1.29 is 29.0 Å². The Hall–Kier alpha value is -3.74. The fourth-order valence-electron chi connectivity index (χ4n) is 3.31. The molecule has 3 heterocycles. The zero-order valence-corrected chi connectivity index (χ0v) is 18.1. The predicted octanol–water partition coefficient (Wildman–Crippen LogP) is 1.65. The second-order valence-corrected chi connectivity index (χ2v) is 8.30. The molecule has 0 spiro atoms. The number of hydrogen-bond donors (Lipinski definition) is 6. The van der Waals surface area contributed by atoms with Crippen LogP contribution in [0, 0.1) is 5.82 Å². The summed E-state index contributed by atoms with van der Waals surface area (Å²) in [5.74, 6) is -4.17. The van der Waals surface area contributed by atoms with Gasteiger partial charge >= 0.3 is 11.9 Å². The van der Waals surface area contributed by atoms with Crippen molar-refractivity contribution in [1.29, 1.82) is 0 Å². The monoisotopic (exact) mass is 479 g/mol. The van der Waals surface area contributed by atoms with Crippen LogP contribution in [0.25, 0.3) is 11.0 Å². The molecule has 3 aromatic heterocycles. The molecule has 3 rings (SSSR count). The van der Waals surface area contributed by atoms with Gasteiger partial charge in [-0.15, -0.1) is 11.3 Å². The number of carboxylic acid groups (broad SMARTS) is 2. The average molecular weight is 479 g/mol. The van der Waals surface area contributed by atoms with E-state index in [9.17, 15) is 23.6 Å². The van der Waals surface area contributed by atoms with Crippen molar-refractivity contribution in [2.45, 2.75) is 44.6 Å². The van der Waals surface area contributed by atoms with Crippen molar-refractivity contribution in [1.82, 2.24) is 20.3 Å². The Morgan fingerprint density at radius 1 is 1.21 bits per heavy atom. The molecule has 0 aliphatic rings. The minimum absolute atomic E-state index is 0.0187. The summed E-state index contributed by atoms with van der Waals surface area (Å²) in [5.41, 5.74) is 6.72. The maximum Gasteiger partial charge on any atom is 0.326 e. The van der Waals surface area contributed by atoms with Crippen LogP contribution >= 0.6 is 11.3 Å². The molecule has 0 aromatic carbocycles. The zero-order chi connectivity index (χ0) is 24.1. The molecule has 7 N–H and O–H groups in total. The third-order valence-corrected chi connectivity index (χ3v) is 5.97. The molecule has 3 aromatic rings. The lowest BCUT2D eigenvalue weighted by atomic mass is 10.1. The maximum absolute atomic E-state index is 14.7. The molecule has 13 heteroatoms. The molecule has 0 aliphatic carbocycles. The van der Waals surface area contributed by atoms with Gasteiger partial charge in [-0.1, -0.05) is 0 Å². The van der Waals surface area contributed by atoms with Gasteiger partial charge in [0.2, 0.25) is 5.95 Å². The minimum Gasteiger partial charge on any atom is -0.481 e. The number of nitrogens with zero attached hydrogens (tertiary/aromatic N) is 1. The van der Waals surface area contributed by atoms with E-state index in [0.717, 1.165) is 17.0 Å². The number of fused-ring (bicyclic) bond motifs is 1. The van der Waals surface area contributed by atoms with Crippen LogP contribution in [0.4, 0.5) is 10.3 Å². The smallest absolute Gasteiger partial charge is 0.326 e. The standard InChI is InChI=1S/C20H22FN5O6S/c21-14-9(8-33-15(14)18(30)24-12(19(31)32)5-6-13(27)28)3-1-2-4-10-7-11-16(23-10)25-20(22)26-17(11)29/h7-8,12H,1-6H2,(H,24,30)(H,27,28)(H,31,32)(H4,22,23,25,26,29)/t12-/m0/s1. The third kappa shape index (κ3) is 5.94. The minimum atomic E-state index is -1.42. The summed E-state index contributed by atoms with van der Waals surface area (Å²) in [5, 5.41) is 21.9. The van der Waals surface area contributed by atoms with Gasteiger partial charge in [0, 0.05) is 12.1 Å². The molecule has 0 radical (unpaired) electrons. The molecule has 0 saturated heterocycles. The second-order valence-electron chi connectivity index (χ2n) is 7.42. The lowest BCUT2D eigenvalue weighted by Crippen LogP contribution is -2.41. The number of carbonyl (C=O) groups is 3. The van der Waals surface area contributed by atoms with E-state index in [1.165, 1.54) is 5.38 Å². The van der Waals surface area contributed by atoms with Gasteiger partial charge in [-0.05, 0) is 49.1 Å². The summed E-state index contributed by atoms with van der Waals surface area (Å²) in [7, 11) is 0. The normalized spacial score (nSPS) is 12.0. The van der Waals surface area contributed by atoms with Crippen LogP contribution in [-0.4, -0.2) is 49.1 Å². The second kappa shape index (κ2) is 10.3. The van der Waals surface area contributed by atoms with Gasteiger partial charge in [0.25, 0.3) is 11.5 Å². The average Bonchev–Trinajstić information content (AvgIpc) is 3.31. The number of nitrogens with two attached hydrogens (primary N) is 1. The van der Waals surface area contributed by atoms with Gasteiger partial charge in [0.15, 0.2) is 0 Å². The number of aryl methyl sites for hydroxylation is 2. The highest BCUT2D eigenvalue weighted by atomic mass is 32.1. The fourth-order valence-corrected chi connectivity index (χ4v) is 4.19. The summed E-state index contributed by atoms with van der Waals surface area (Å²) in [6.07, 6.45) is 1.49. The molecular weight excluding hydrogens is 457 g/mol. The number of nitrogens with one attached hydrogen (secondary N) is 3. The van der Waals surface area contributed by atoms with Crippen molar-refractivity contribution in [2.24, 2.45) is 0 Å². The molecular formula is C20H22FN5O6S. The van der Waals surface area contributed by atoms with E-state index >= 15 is 0 Å². The van der Waals surface area contributed by atoms with Crippen LogP contribution in [0.5, 0.6) is 0 Å². The first-order valence-electron chi connectivity index (χ1n) is 10.0. The number of aromatic nitrogens is 3. The first-order valence-corrected chi connectivity index (χ1v) is 10.9. The molecule has 0 fully saturated rings. The number of anilines is 1. The molecule has 0 aliphatic heterocycles. The summed E-state index contributed by atoms with van der Waals surface area (Å²) < 4.78 is 14.7. The van der Waals surface area contributed by atoms with Crippen molar-refractivity contribution >= 4 is 46.2 Å². The summed E-state index contributed by atoms with van der Waals surface area (Å²) >= 11 is 0.862. The van der Waals surface area contributed by atoms with Gasteiger partial charge < -0.3 is 26.2 Å². The molecule has 0 bridgehead atoms. The largest absolute Gasteiger partial charge is 0.481 e. The van der Waals surface area contributed by atoms with Gasteiger partial charge in [0.05, 0.1) is 5.39 Å². The molecule has 1 atom stereocenters. The fraction of sp³-hybridized carbons (Fsp3) is 0.350. The van der Waals surface area contributed by atoms with Crippen LogP contribution < -0.4 is 16.6 Å². The summed E-state index contributed by atoms with van der Waals surface area (Å²) in [6, 6.07) is 0.268. The van der Waals surface area contributed by atoms with Crippen molar-refractivity contribution in [3.05, 3.63) is 43.8 Å². The number of rotatable bonds is 11. The molecule has 0 unspecified atom stereocenters. The number of halogens is 1. The number of unbranched alkanes of at least 4 members (excludes halogenated alkanes) is 1. The number of hydrogen-bond acceptors (Lipinski definition) is 7.